The van der Waals surface area contributed by atoms with Gasteiger partial charge in [-0.2, -0.15) is 0 Å². The summed E-state index contributed by atoms with van der Waals surface area (Å²) >= 11 is 0. The summed E-state index contributed by atoms with van der Waals surface area (Å²) in [6, 6.07) is 0. The van der Waals surface area contributed by atoms with Crippen molar-refractivity contribution in [3.8, 4) is 0 Å². The zero-order valence-corrected chi connectivity index (χ0v) is 9.29. The lowest BCUT2D eigenvalue weighted by Crippen LogP contribution is -2.18. The van der Waals surface area contributed by atoms with E-state index in [2.05, 4.69) is 15.0 Å². The first kappa shape index (κ1) is 11.7. The highest BCUT2D eigenvalue weighted by atomic mass is 16.5. The minimum atomic E-state index is -0.220. The summed E-state index contributed by atoms with van der Waals surface area (Å²) in [5.74, 6) is 1.26. The van der Waals surface area contributed by atoms with Crippen LogP contribution in [0.1, 0.15) is 23.8 Å². The lowest BCUT2D eigenvalue weighted by Gasteiger charge is -2.00. The highest BCUT2D eigenvalue weighted by molar-refractivity contribution is 5.69. The predicted octanol–water partition coefficient (Wildman–Crippen LogP) is 0.944. The van der Waals surface area contributed by atoms with Crippen LogP contribution in [-0.2, 0) is 16.1 Å². The molecular formula is C10H16N2O3. The molecule has 5 heteroatoms. The monoisotopic (exact) mass is 212 g/mol. The first-order chi connectivity index (χ1) is 7.13. The number of hydrogen-bond donors (Lipinski definition) is 1. The van der Waals surface area contributed by atoms with Crippen LogP contribution in [0.2, 0.25) is 0 Å². The largest absolute Gasteiger partial charge is 0.469 e. The quantitative estimate of drug-likeness (QED) is 0.581. The summed E-state index contributed by atoms with van der Waals surface area (Å²) in [5, 5.41) is 3.05. The molecule has 0 saturated heterocycles. The zero-order valence-electron chi connectivity index (χ0n) is 9.29. The van der Waals surface area contributed by atoms with E-state index in [-0.39, 0.29) is 5.97 Å². The summed E-state index contributed by atoms with van der Waals surface area (Å²) in [6.45, 7) is 4.87. The molecule has 0 aliphatic carbocycles. The molecule has 1 aromatic rings. The number of rotatable bonds is 5. The molecule has 0 radical (unpaired) electrons. The van der Waals surface area contributed by atoms with Crippen LogP contribution in [0.4, 0.5) is 0 Å². The van der Waals surface area contributed by atoms with Crippen LogP contribution in [0, 0.1) is 13.8 Å². The SMILES string of the molecule is COC(=O)CCNCc1nc(C)c(C)o1. The van der Waals surface area contributed by atoms with Gasteiger partial charge in [0.05, 0.1) is 25.8 Å². The Hall–Kier alpha value is -1.36. The lowest BCUT2D eigenvalue weighted by atomic mass is 10.4. The van der Waals surface area contributed by atoms with Crippen molar-refractivity contribution in [2.45, 2.75) is 26.8 Å². The van der Waals surface area contributed by atoms with Gasteiger partial charge in [0.15, 0.2) is 0 Å². The molecule has 1 aromatic heterocycles. The number of nitrogens with one attached hydrogen (secondary N) is 1. The third-order valence-corrected chi connectivity index (χ3v) is 2.08. The summed E-state index contributed by atoms with van der Waals surface area (Å²) in [4.78, 5) is 15.0. The zero-order chi connectivity index (χ0) is 11.3. The van der Waals surface area contributed by atoms with Crippen LogP contribution in [-0.4, -0.2) is 24.6 Å². The third-order valence-electron chi connectivity index (χ3n) is 2.08. The molecule has 15 heavy (non-hydrogen) atoms. The molecular weight excluding hydrogens is 196 g/mol. The van der Waals surface area contributed by atoms with Gasteiger partial charge >= 0.3 is 5.97 Å². The van der Waals surface area contributed by atoms with E-state index in [0.717, 1.165) is 11.5 Å². The molecule has 1 heterocycles. The number of methoxy groups -OCH3 is 1. The maximum Gasteiger partial charge on any atom is 0.306 e. The van der Waals surface area contributed by atoms with E-state index in [9.17, 15) is 4.79 Å². The second-order valence-electron chi connectivity index (χ2n) is 3.25. The minimum Gasteiger partial charge on any atom is -0.469 e. The molecule has 0 fully saturated rings. The van der Waals surface area contributed by atoms with Crippen LogP contribution >= 0.6 is 0 Å². The summed E-state index contributed by atoms with van der Waals surface area (Å²) < 4.78 is 9.87. The molecule has 0 aliphatic heterocycles. The molecule has 0 spiro atoms. The van der Waals surface area contributed by atoms with Crippen molar-refractivity contribution < 1.29 is 13.9 Å². The number of nitrogens with zero attached hydrogens (tertiary/aromatic N) is 1. The van der Waals surface area contributed by atoms with Gasteiger partial charge in [-0.05, 0) is 13.8 Å². The molecule has 0 bridgehead atoms. The third kappa shape index (κ3) is 3.71. The van der Waals surface area contributed by atoms with Crippen molar-refractivity contribution in [3.05, 3.63) is 17.3 Å². The normalized spacial score (nSPS) is 10.3. The number of carbonyl (C=O) groups excluding carboxylic acids is 1. The molecule has 0 amide bonds. The Morgan fingerprint density at radius 2 is 2.27 bits per heavy atom. The van der Waals surface area contributed by atoms with Crippen molar-refractivity contribution in [1.82, 2.24) is 10.3 Å². The molecule has 5 nitrogen and oxygen atoms in total. The standard InChI is InChI=1S/C10H16N2O3/c1-7-8(2)15-9(12-7)6-11-5-4-10(13)14-3/h11H,4-6H2,1-3H3. The van der Waals surface area contributed by atoms with Crippen LogP contribution < -0.4 is 5.32 Å². The van der Waals surface area contributed by atoms with E-state index in [1.54, 1.807) is 0 Å². The molecule has 0 unspecified atom stereocenters. The number of hydrogen-bond acceptors (Lipinski definition) is 5. The Labute approximate surface area is 88.8 Å². The van der Waals surface area contributed by atoms with E-state index in [1.807, 2.05) is 13.8 Å². The number of aromatic nitrogens is 1. The average molecular weight is 212 g/mol. The van der Waals surface area contributed by atoms with Gasteiger partial charge in [-0.3, -0.25) is 4.79 Å². The van der Waals surface area contributed by atoms with Gasteiger partial charge in [-0.15, -0.1) is 0 Å². The first-order valence-electron chi connectivity index (χ1n) is 4.84. The van der Waals surface area contributed by atoms with Crippen molar-refractivity contribution in [2.24, 2.45) is 0 Å². The van der Waals surface area contributed by atoms with E-state index in [1.165, 1.54) is 7.11 Å². The Balaban J connectivity index is 2.23. The maximum absolute atomic E-state index is 10.8. The fraction of sp³-hybridized carbons (Fsp3) is 0.600. The van der Waals surface area contributed by atoms with Crippen molar-refractivity contribution >= 4 is 5.97 Å². The van der Waals surface area contributed by atoms with E-state index < -0.39 is 0 Å². The fourth-order valence-electron chi connectivity index (χ4n) is 1.10. The average Bonchev–Trinajstić information content (AvgIpc) is 2.53. The van der Waals surface area contributed by atoms with Gasteiger partial charge in [0.1, 0.15) is 5.76 Å². The first-order valence-corrected chi connectivity index (χ1v) is 4.84. The van der Waals surface area contributed by atoms with Gasteiger partial charge in [0.25, 0.3) is 0 Å². The minimum absolute atomic E-state index is 0.220. The number of ether oxygens (including phenoxy) is 1. The Bertz CT molecular complexity index is 314. The van der Waals surface area contributed by atoms with Crippen LogP contribution in [0.25, 0.3) is 0 Å². The molecule has 1 rings (SSSR count). The molecule has 0 aliphatic rings. The number of aryl methyl sites for hydroxylation is 2. The van der Waals surface area contributed by atoms with Crippen LogP contribution in [0.3, 0.4) is 0 Å². The highest BCUT2D eigenvalue weighted by Crippen LogP contribution is 2.07. The predicted molar refractivity (Wildman–Crippen MR) is 54.3 cm³/mol. The van der Waals surface area contributed by atoms with Crippen molar-refractivity contribution in [3.63, 3.8) is 0 Å². The Kier molecular flexibility index (Phi) is 4.30. The van der Waals surface area contributed by atoms with Gasteiger partial charge < -0.3 is 14.5 Å². The maximum atomic E-state index is 10.8. The summed E-state index contributed by atoms with van der Waals surface area (Å²) in [6.07, 6.45) is 0.356. The Morgan fingerprint density at radius 3 is 2.80 bits per heavy atom. The van der Waals surface area contributed by atoms with E-state index in [4.69, 9.17) is 4.42 Å². The summed E-state index contributed by atoms with van der Waals surface area (Å²) in [7, 11) is 1.38. The van der Waals surface area contributed by atoms with Gasteiger partial charge in [-0.25, -0.2) is 4.98 Å². The van der Waals surface area contributed by atoms with Crippen LogP contribution in [0.15, 0.2) is 4.42 Å². The molecule has 0 aromatic carbocycles. The van der Waals surface area contributed by atoms with E-state index in [0.29, 0.717) is 25.4 Å². The molecule has 84 valence electrons. The molecule has 0 saturated carbocycles. The molecule has 0 atom stereocenters. The Morgan fingerprint density at radius 1 is 1.53 bits per heavy atom. The fourth-order valence-corrected chi connectivity index (χ4v) is 1.10. The second-order valence-corrected chi connectivity index (χ2v) is 3.25. The smallest absolute Gasteiger partial charge is 0.306 e. The number of oxazole rings is 1. The van der Waals surface area contributed by atoms with Gasteiger partial charge in [0.2, 0.25) is 5.89 Å². The van der Waals surface area contributed by atoms with Crippen molar-refractivity contribution in [2.75, 3.05) is 13.7 Å². The van der Waals surface area contributed by atoms with Gasteiger partial charge in [0, 0.05) is 6.54 Å². The number of esters is 1. The van der Waals surface area contributed by atoms with Crippen molar-refractivity contribution in [1.29, 1.82) is 0 Å². The topological polar surface area (TPSA) is 64.4 Å². The van der Waals surface area contributed by atoms with Crippen LogP contribution in [0.5, 0.6) is 0 Å². The van der Waals surface area contributed by atoms with Gasteiger partial charge in [-0.1, -0.05) is 0 Å². The number of carbonyl (C=O) groups is 1. The highest BCUT2D eigenvalue weighted by Gasteiger charge is 2.05. The summed E-state index contributed by atoms with van der Waals surface area (Å²) in [5.41, 5.74) is 0.903. The second kappa shape index (κ2) is 5.50. The lowest BCUT2D eigenvalue weighted by molar-refractivity contribution is -0.140. The van der Waals surface area contributed by atoms with E-state index >= 15 is 0 Å². The molecule has 1 N–H and O–H groups in total.